The van der Waals surface area contributed by atoms with E-state index in [0.717, 1.165) is 16.7 Å². The largest absolute Gasteiger partial charge is 0.497 e. The van der Waals surface area contributed by atoms with Crippen LogP contribution in [0.25, 0.3) is 27.7 Å². The van der Waals surface area contributed by atoms with Crippen LogP contribution in [0.3, 0.4) is 0 Å². The molecule has 0 radical (unpaired) electrons. The van der Waals surface area contributed by atoms with Crippen molar-refractivity contribution >= 4 is 26.7 Å². The first-order valence-electron chi connectivity index (χ1n) is 14.4. The normalized spacial score (nSPS) is 12.6. The van der Waals surface area contributed by atoms with Gasteiger partial charge in [0, 0.05) is 0 Å². The van der Waals surface area contributed by atoms with Crippen LogP contribution in [-0.4, -0.2) is 42.0 Å². The van der Waals surface area contributed by atoms with E-state index in [9.17, 15) is 23.1 Å². The smallest absolute Gasteiger partial charge is 0.335 e. The summed E-state index contributed by atoms with van der Waals surface area (Å²) in [6, 6.07) is 24.9. The molecule has 0 saturated heterocycles. The van der Waals surface area contributed by atoms with Crippen LogP contribution in [0, 0.1) is 0 Å². The molecule has 2 N–H and O–H groups in total. The first-order chi connectivity index (χ1) is 21.3. The summed E-state index contributed by atoms with van der Waals surface area (Å²) in [7, 11) is -2.14. The van der Waals surface area contributed by atoms with Gasteiger partial charge in [-0.15, -0.1) is 0 Å². The zero-order valence-electron chi connectivity index (χ0n) is 25.7. The number of ether oxygens (including phenoxy) is 1. The average molecular weight is 626 g/mol. The zero-order valence-corrected chi connectivity index (χ0v) is 26.6. The van der Waals surface area contributed by atoms with E-state index in [0.29, 0.717) is 28.2 Å². The summed E-state index contributed by atoms with van der Waals surface area (Å²) in [5.74, 6) is -0.420. The Morgan fingerprint density at radius 3 is 2.13 bits per heavy atom. The van der Waals surface area contributed by atoms with Gasteiger partial charge in [-0.25, -0.2) is 18.2 Å². The first kappa shape index (κ1) is 31.6. The molecule has 0 saturated carbocycles. The van der Waals surface area contributed by atoms with Crippen LogP contribution < -0.4 is 15.6 Å². The van der Waals surface area contributed by atoms with Crippen molar-refractivity contribution < 1.29 is 23.1 Å². The molecular formula is C35H35N3O6S. The van der Waals surface area contributed by atoms with Crippen LogP contribution in [-0.2, 0) is 15.3 Å². The number of benzene rings is 4. The molecule has 45 heavy (non-hydrogen) atoms. The molecule has 10 heteroatoms. The standard InChI is InChI=1S/C35H35N3O6S/c1-22(36-21-45(42,43)29-17-11-26(12-18-29)35(2,3)4)32-37-31-19-10-25(23-6-8-24(9-7-23)34(40)41)20-30(31)33(39)38(32)27-13-15-28(44-5)16-14-27/h6-20,22,36H,21H2,1-5H3,(H,40,41). The minimum Gasteiger partial charge on any atom is -0.497 e. The van der Waals surface area contributed by atoms with E-state index in [-0.39, 0.29) is 27.3 Å². The zero-order chi connectivity index (χ0) is 32.5. The predicted octanol–water partition coefficient (Wildman–Crippen LogP) is 6.14. The molecule has 1 aromatic heterocycles. The number of hydrogen-bond acceptors (Lipinski definition) is 7. The van der Waals surface area contributed by atoms with E-state index < -0.39 is 21.8 Å². The van der Waals surface area contributed by atoms with Crippen LogP contribution >= 0.6 is 0 Å². The number of methoxy groups -OCH3 is 1. The summed E-state index contributed by atoms with van der Waals surface area (Å²) in [6.07, 6.45) is 0. The van der Waals surface area contributed by atoms with Crippen molar-refractivity contribution in [3.05, 3.63) is 118 Å². The van der Waals surface area contributed by atoms with Gasteiger partial charge in [0.05, 0.1) is 40.2 Å². The van der Waals surface area contributed by atoms with E-state index in [1.54, 1.807) is 74.7 Å². The van der Waals surface area contributed by atoms with Crippen LogP contribution in [0.15, 0.2) is 101 Å². The van der Waals surface area contributed by atoms with Crippen molar-refractivity contribution in [2.75, 3.05) is 13.0 Å². The minimum absolute atomic E-state index is 0.104. The lowest BCUT2D eigenvalue weighted by Gasteiger charge is -2.21. The summed E-state index contributed by atoms with van der Waals surface area (Å²) in [5, 5.41) is 12.7. The van der Waals surface area contributed by atoms with Gasteiger partial charge in [-0.1, -0.05) is 51.1 Å². The number of nitrogens with zero attached hydrogens (tertiary/aromatic N) is 2. The number of nitrogens with one attached hydrogen (secondary N) is 1. The number of carboxylic acids is 1. The number of sulfone groups is 1. The van der Waals surface area contributed by atoms with Crippen molar-refractivity contribution in [1.82, 2.24) is 14.9 Å². The highest BCUT2D eigenvalue weighted by atomic mass is 32.2. The third kappa shape index (κ3) is 6.67. The number of rotatable bonds is 9. The Kier molecular flexibility index (Phi) is 8.64. The Morgan fingerprint density at radius 2 is 1.56 bits per heavy atom. The van der Waals surface area contributed by atoms with Crippen molar-refractivity contribution in [3.63, 3.8) is 0 Å². The van der Waals surface area contributed by atoms with Crippen molar-refractivity contribution in [2.45, 2.75) is 44.0 Å². The van der Waals surface area contributed by atoms with E-state index in [1.807, 2.05) is 18.2 Å². The van der Waals surface area contributed by atoms with Gasteiger partial charge >= 0.3 is 5.97 Å². The summed E-state index contributed by atoms with van der Waals surface area (Å²) < 4.78 is 33.3. The number of carbonyl (C=O) groups is 1. The monoisotopic (exact) mass is 625 g/mol. The van der Waals surface area contributed by atoms with Crippen molar-refractivity contribution in [2.24, 2.45) is 0 Å². The Hall–Kier alpha value is -4.80. The average Bonchev–Trinajstić information content (AvgIpc) is 3.03. The lowest BCUT2D eigenvalue weighted by Crippen LogP contribution is -2.32. The van der Waals surface area contributed by atoms with Gasteiger partial charge in [0.15, 0.2) is 9.84 Å². The van der Waals surface area contributed by atoms with Crippen molar-refractivity contribution in [3.8, 4) is 22.6 Å². The maximum atomic E-state index is 14.1. The molecule has 0 aliphatic carbocycles. The Balaban J connectivity index is 1.53. The minimum atomic E-state index is -3.69. The van der Waals surface area contributed by atoms with Gasteiger partial charge in [-0.3, -0.25) is 14.7 Å². The van der Waals surface area contributed by atoms with Gasteiger partial charge in [0.25, 0.3) is 5.56 Å². The van der Waals surface area contributed by atoms with Gasteiger partial charge < -0.3 is 9.84 Å². The molecule has 232 valence electrons. The highest BCUT2D eigenvalue weighted by molar-refractivity contribution is 7.91. The third-order valence-corrected chi connectivity index (χ3v) is 9.27. The number of hydrogen-bond donors (Lipinski definition) is 2. The van der Waals surface area contributed by atoms with Gasteiger partial charge in [0.1, 0.15) is 17.5 Å². The molecule has 5 rings (SSSR count). The van der Waals surface area contributed by atoms with Gasteiger partial charge in [-0.05, 0) is 89.7 Å². The molecule has 0 fully saturated rings. The summed E-state index contributed by atoms with van der Waals surface area (Å²) in [4.78, 5) is 30.5. The van der Waals surface area contributed by atoms with E-state index in [2.05, 4.69) is 26.1 Å². The number of carboxylic acid groups (broad SMARTS) is 1. The van der Waals surface area contributed by atoms with Crippen molar-refractivity contribution in [1.29, 1.82) is 0 Å². The molecule has 9 nitrogen and oxygen atoms in total. The Morgan fingerprint density at radius 1 is 0.933 bits per heavy atom. The van der Waals surface area contributed by atoms with Crippen LogP contribution in [0.2, 0.25) is 0 Å². The maximum Gasteiger partial charge on any atom is 0.335 e. The van der Waals surface area contributed by atoms with Crippen LogP contribution in [0.1, 0.15) is 55.5 Å². The van der Waals surface area contributed by atoms with Gasteiger partial charge in [-0.2, -0.15) is 0 Å². The second-order valence-corrected chi connectivity index (χ2v) is 13.9. The molecule has 4 aromatic carbocycles. The second-order valence-electron chi connectivity index (χ2n) is 11.9. The molecule has 1 atom stereocenters. The lowest BCUT2D eigenvalue weighted by atomic mass is 9.87. The second kappa shape index (κ2) is 12.3. The SMILES string of the molecule is COc1ccc(-n2c(C(C)NCS(=O)(=O)c3ccc(C(C)(C)C)cc3)nc3ccc(-c4ccc(C(=O)O)cc4)cc3c2=O)cc1. The molecule has 0 spiro atoms. The summed E-state index contributed by atoms with van der Waals surface area (Å²) in [5.41, 5.74) is 3.21. The molecule has 1 heterocycles. The Labute approximate surface area is 262 Å². The number of aromatic carboxylic acids is 1. The molecular weight excluding hydrogens is 590 g/mol. The van der Waals surface area contributed by atoms with E-state index in [1.165, 1.54) is 16.7 Å². The predicted molar refractivity (Wildman–Crippen MR) is 175 cm³/mol. The topological polar surface area (TPSA) is 128 Å². The summed E-state index contributed by atoms with van der Waals surface area (Å²) in [6.45, 7) is 7.97. The Bertz CT molecular complexity index is 2030. The fourth-order valence-corrected chi connectivity index (χ4v) is 6.22. The molecule has 5 aromatic rings. The lowest BCUT2D eigenvalue weighted by molar-refractivity contribution is 0.0697. The molecule has 1 unspecified atom stereocenters. The molecule has 0 bridgehead atoms. The highest BCUT2D eigenvalue weighted by Gasteiger charge is 2.22. The molecule has 0 aliphatic rings. The third-order valence-electron chi connectivity index (χ3n) is 7.74. The quantitative estimate of drug-likeness (QED) is 0.200. The first-order valence-corrected chi connectivity index (χ1v) is 16.1. The van der Waals surface area contributed by atoms with Gasteiger partial charge in [0.2, 0.25) is 0 Å². The number of fused-ring (bicyclic) bond motifs is 1. The van der Waals surface area contributed by atoms with Crippen LogP contribution in [0.5, 0.6) is 5.75 Å². The highest BCUT2D eigenvalue weighted by Crippen LogP contribution is 2.27. The fourth-order valence-electron chi connectivity index (χ4n) is 5.03. The van der Waals surface area contributed by atoms with E-state index in [4.69, 9.17) is 9.72 Å². The number of aromatic nitrogens is 2. The molecule has 0 aliphatic heterocycles. The summed E-state index contributed by atoms with van der Waals surface area (Å²) >= 11 is 0. The van der Waals surface area contributed by atoms with E-state index >= 15 is 0 Å². The molecule has 0 amide bonds. The van der Waals surface area contributed by atoms with Crippen LogP contribution in [0.4, 0.5) is 0 Å². The fraction of sp³-hybridized carbons (Fsp3) is 0.229. The maximum absolute atomic E-state index is 14.1.